The summed E-state index contributed by atoms with van der Waals surface area (Å²) >= 11 is 0. The highest BCUT2D eigenvalue weighted by Crippen LogP contribution is 2.22. The molecule has 0 amide bonds. The smallest absolute Gasteiger partial charge is 0.181 e. The van der Waals surface area contributed by atoms with Gasteiger partial charge in [0.2, 0.25) is 0 Å². The van der Waals surface area contributed by atoms with Gasteiger partial charge in [-0.1, -0.05) is 6.07 Å². The van der Waals surface area contributed by atoms with E-state index in [4.69, 9.17) is 9.47 Å². The normalized spacial score (nSPS) is 20.2. The minimum atomic E-state index is -0.877. The molecule has 1 aliphatic heterocycles. The Morgan fingerprint density at radius 1 is 1.24 bits per heavy atom. The molecule has 17 heavy (non-hydrogen) atoms. The van der Waals surface area contributed by atoms with Crippen LogP contribution in [0.25, 0.3) is 0 Å². The van der Waals surface area contributed by atoms with E-state index in [1.807, 2.05) is 13.8 Å². The SMILES string of the molecule is CC1(C)OCC(Nc2cccc(F)c2F)CO1. The van der Waals surface area contributed by atoms with E-state index in [0.717, 1.165) is 6.07 Å². The molecule has 1 aliphatic rings. The average Bonchev–Trinajstić information content (AvgIpc) is 2.27. The van der Waals surface area contributed by atoms with Crippen LogP contribution in [0.4, 0.5) is 14.5 Å². The first-order valence-corrected chi connectivity index (χ1v) is 5.46. The van der Waals surface area contributed by atoms with Gasteiger partial charge >= 0.3 is 0 Å². The maximum absolute atomic E-state index is 13.4. The molecule has 94 valence electrons. The van der Waals surface area contributed by atoms with E-state index < -0.39 is 17.4 Å². The van der Waals surface area contributed by atoms with Crippen LogP contribution in [-0.2, 0) is 9.47 Å². The fourth-order valence-electron chi connectivity index (χ4n) is 1.61. The van der Waals surface area contributed by atoms with Gasteiger partial charge < -0.3 is 14.8 Å². The summed E-state index contributed by atoms with van der Waals surface area (Å²) in [5, 5.41) is 2.86. The monoisotopic (exact) mass is 243 g/mol. The van der Waals surface area contributed by atoms with Crippen molar-refractivity contribution in [2.45, 2.75) is 25.7 Å². The fraction of sp³-hybridized carbons (Fsp3) is 0.500. The molecule has 2 rings (SSSR count). The molecule has 0 aliphatic carbocycles. The van der Waals surface area contributed by atoms with Crippen molar-refractivity contribution in [3.8, 4) is 0 Å². The van der Waals surface area contributed by atoms with Crippen LogP contribution < -0.4 is 5.32 Å². The Labute approximate surface area is 98.7 Å². The van der Waals surface area contributed by atoms with Gasteiger partial charge in [0.15, 0.2) is 17.4 Å². The maximum atomic E-state index is 13.4. The van der Waals surface area contributed by atoms with Crippen molar-refractivity contribution in [3.63, 3.8) is 0 Å². The number of rotatable bonds is 2. The van der Waals surface area contributed by atoms with Gasteiger partial charge in [0, 0.05) is 0 Å². The summed E-state index contributed by atoms with van der Waals surface area (Å²) < 4.78 is 37.2. The Hall–Kier alpha value is -1.20. The zero-order valence-electron chi connectivity index (χ0n) is 9.80. The predicted octanol–water partition coefficient (Wildman–Crippen LogP) is 2.53. The van der Waals surface area contributed by atoms with Gasteiger partial charge in [-0.25, -0.2) is 8.78 Å². The molecular formula is C12H15F2NO2. The molecule has 0 aromatic heterocycles. The second-order valence-electron chi connectivity index (χ2n) is 4.46. The number of hydrogen-bond acceptors (Lipinski definition) is 3. The highest BCUT2D eigenvalue weighted by atomic mass is 19.2. The Balaban J connectivity index is 2.00. The first-order valence-electron chi connectivity index (χ1n) is 5.46. The molecule has 5 heteroatoms. The Bertz CT molecular complexity index is 399. The molecule has 1 heterocycles. The zero-order chi connectivity index (χ0) is 12.5. The summed E-state index contributed by atoms with van der Waals surface area (Å²) in [7, 11) is 0. The van der Waals surface area contributed by atoms with Crippen LogP contribution in [-0.4, -0.2) is 25.0 Å². The van der Waals surface area contributed by atoms with Crippen LogP contribution in [0, 0.1) is 11.6 Å². The molecule has 1 aromatic carbocycles. The molecule has 0 unspecified atom stereocenters. The van der Waals surface area contributed by atoms with Gasteiger partial charge in [-0.15, -0.1) is 0 Å². The number of halogens is 2. The molecule has 1 saturated heterocycles. The lowest BCUT2D eigenvalue weighted by molar-refractivity contribution is -0.247. The van der Waals surface area contributed by atoms with Crippen LogP contribution >= 0.6 is 0 Å². The van der Waals surface area contributed by atoms with Gasteiger partial charge in [0.05, 0.1) is 24.9 Å². The van der Waals surface area contributed by atoms with Crippen molar-refractivity contribution in [1.82, 2.24) is 0 Å². The minimum Gasteiger partial charge on any atom is -0.375 e. The fourth-order valence-corrected chi connectivity index (χ4v) is 1.61. The van der Waals surface area contributed by atoms with Crippen LogP contribution in [0.2, 0.25) is 0 Å². The van der Waals surface area contributed by atoms with Crippen LogP contribution in [0.1, 0.15) is 13.8 Å². The molecule has 0 bridgehead atoms. The molecule has 0 radical (unpaired) electrons. The van der Waals surface area contributed by atoms with Crippen molar-refractivity contribution in [2.24, 2.45) is 0 Å². The van der Waals surface area contributed by atoms with E-state index in [2.05, 4.69) is 5.32 Å². The lowest BCUT2D eigenvalue weighted by atomic mass is 10.2. The molecule has 1 N–H and O–H groups in total. The third-order valence-corrected chi connectivity index (χ3v) is 2.58. The Kier molecular flexibility index (Phi) is 3.31. The molecular weight excluding hydrogens is 228 g/mol. The van der Waals surface area contributed by atoms with Crippen molar-refractivity contribution >= 4 is 5.69 Å². The van der Waals surface area contributed by atoms with Crippen LogP contribution in [0.15, 0.2) is 18.2 Å². The maximum Gasteiger partial charge on any atom is 0.181 e. The van der Waals surface area contributed by atoms with Crippen LogP contribution in [0.3, 0.4) is 0 Å². The molecule has 3 nitrogen and oxygen atoms in total. The quantitative estimate of drug-likeness (QED) is 0.865. The van der Waals surface area contributed by atoms with Crippen molar-refractivity contribution < 1.29 is 18.3 Å². The van der Waals surface area contributed by atoms with E-state index in [-0.39, 0.29) is 11.7 Å². The van der Waals surface area contributed by atoms with Gasteiger partial charge in [-0.05, 0) is 26.0 Å². The van der Waals surface area contributed by atoms with Gasteiger partial charge in [-0.2, -0.15) is 0 Å². The molecule has 0 atom stereocenters. The topological polar surface area (TPSA) is 30.5 Å². The second kappa shape index (κ2) is 4.58. The zero-order valence-corrected chi connectivity index (χ0v) is 9.80. The molecule has 0 saturated carbocycles. The molecule has 1 aromatic rings. The van der Waals surface area contributed by atoms with Gasteiger partial charge in [0.1, 0.15) is 0 Å². The van der Waals surface area contributed by atoms with E-state index >= 15 is 0 Å². The van der Waals surface area contributed by atoms with Crippen molar-refractivity contribution in [1.29, 1.82) is 0 Å². The summed E-state index contributed by atoms with van der Waals surface area (Å²) in [4.78, 5) is 0. The van der Waals surface area contributed by atoms with Gasteiger partial charge in [0.25, 0.3) is 0 Å². The number of ether oxygens (including phenoxy) is 2. The predicted molar refractivity (Wildman–Crippen MR) is 59.8 cm³/mol. The second-order valence-corrected chi connectivity index (χ2v) is 4.46. The average molecular weight is 243 g/mol. The Morgan fingerprint density at radius 3 is 2.53 bits per heavy atom. The van der Waals surface area contributed by atoms with E-state index in [9.17, 15) is 8.78 Å². The Morgan fingerprint density at radius 2 is 1.88 bits per heavy atom. The summed E-state index contributed by atoms with van der Waals surface area (Å²) in [6, 6.07) is 3.84. The first kappa shape index (κ1) is 12.3. The lowest BCUT2D eigenvalue weighted by Crippen LogP contribution is -2.45. The van der Waals surface area contributed by atoms with Crippen molar-refractivity contribution in [2.75, 3.05) is 18.5 Å². The number of nitrogens with one attached hydrogen (secondary N) is 1. The van der Waals surface area contributed by atoms with E-state index in [1.165, 1.54) is 12.1 Å². The summed E-state index contributed by atoms with van der Waals surface area (Å²) in [5.41, 5.74) is 0.127. The highest BCUT2D eigenvalue weighted by molar-refractivity contribution is 5.45. The van der Waals surface area contributed by atoms with E-state index in [0.29, 0.717) is 13.2 Å². The summed E-state index contributed by atoms with van der Waals surface area (Å²) in [6.07, 6.45) is 0. The molecule has 0 spiro atoms. The third-order valence-electron chi connectivity index (χ3n) is 2.58. The number of hydrogen-bond donors (Lipinski definition) is 1. The third kappa shape index (κ3) is 2.92. The summed E-state index contributed by atoms with van der Waals surface area (Å²) in [5.74, 6) is -2.36. The number of anilines is 1. The van der Waals surface area contributed by atoms with Crippen molar-refractivity contribution in [3.05, 3.63) is 29.8 Å². The van der Waals surface area contributed by atoms with Crippen LogP contribution in [0.5, 0.6) is 0 Å². The molecule has 1 fully saturated rings. The summed E-state index contributed by atoms with van der Waals surface area (Å²) in [6.45, 7) is 4.41. The van der Waals surface area contributed by atoms with E-state index in [1.54, 1.807) is 0 Å². The minimum absolute atomic E-state index is 0.127. The standard InChI is InChI=1S/C12H15F2NO2/c1-12(2)16-6-8(7-17-12)15-10-5-3-4-9(13)11(10)14/h3-5,8,15H,6-7H2,1-2H3. The van der Waals surface area contributed by atoms with Gasteiger partial charge in [-0.3, -0.25) is 0 Å². The number of benzene rings is 1. The lowest BCUT2D eigenvalue weighted by Gasteiger charge is -2.35. The highest BCUT2D eigenvalue weighted by Gasteiger charge is 2.28. The largest absolute Gasteiger partial charge is 0.375 e. The first-order chi connectivity index (χ1) is 7.98.